The third-order valence-corrected chi connectivity index (χ3v) is 2.66. The van der Waals surface area contributed by atoms with E-state index in [2.05, 4.69) is 6.92 Å². The van der Waals surface area contributed by atoms with Crippen molar-refractivity contribution in [2.45, 2.75) is 44.8 Å². The SMILES string of the molecule is CCCCC(N)C(=O)N1CCC(O)C1. The summed E-state index contributed by atoms with van der Waals surface area (Å²) in [5.41, 5.74) is 5.76. The summed E-state index contributed by atoms with van der Waals surface area (Å²) in [6, 6.07) is -0.375. The molecule has 0 aliphatic carbocycles. The number of rotatable bonds is 4. The number of likely N-dealkylation sites (tertiary alicyclic amines) is 1. The van der Waals surface area contributed by atoms with E-state index in [1.54, 1.807) is 4.90 Å². The number of hydrogen-bond acceptors (Lipinski definition) is 3. The average Bonchev–Trinajstić information content (AvgIpc) is 2.60. The van der Waals surface area contributed by atoms with Gasteiger partial charge in [0.1, 0.15) is 0 Å². The van der Waals surface area contributed by atoms with Crippen LogP contribution in [0.3, 0.4) is 0 Å². The fourth-order valence-electron chi connectivity index (χ4n) is 1.72. The maximum Gasteiger partial charge on any atom is 0.239 e. The predicted molar refractivity (Wildman–Crippen MR) is 54.7 cm³/mol. The Bertz CT molecular complexity index is 197. The fraction of sp³-hybridized carbons (Fsp3) is 0.900. The van der Waals surface area contributed by atoms with Gasteiger partial charge in [0.15, 0.2) is 0 Å². The standard InChI is InChI=1S/C10H20N2O2/c1-2-3-4-9(11)10(14)12-6-5-8(13)7-12/h8-9,13H,2-7,11H2,1H3. The molecule has 0 bridgehead atoms. The molecule has 0 aromatic heterocycles. The topological polar surface area (TPSA) is 66.6 Å². The first kappa shape index (κ1) is 11.5. The summed E-state index contributed by atoms with van der Waals surface area (Å²) >= 11 is 0. The van der Waals surface area contributed by atoms with Gasteiger partial charge in [-0.3, -0.25) is 4.79 Å². The molecule has 0 aromatic carbocycles. The van der Waals surface area contributed by atoms with Crippen LogP contribution in [0.15, 0.2) is 0 Å². The summed E-state index contributed by atoms with van der Waals surface area (Å²) < 4.78 is 0. The number of aliphatic hydroxyl groups is 1. The van der Waals surface area contributed by atoms with Crippen molar-refractivity contribution < 1.29 is 9.90 Å². The van der Waals surface area contributed by atoms with Crippen LogP contribution in [0.4, 0.5) is 0 Å². The summed E-state index contributed by atoms with van der Waals surface area (Å²) in [6.45, 7) is 3.19. The van der Waals surface area contributed by atoms with Crippen LogP contribution >= 0.6 is 0 Å². The van der Waals surface area contributed by atoms with Crippen molar-refractivity contribution in [1.29, 1.82) is 0 Å². The predicted octanol–water partition coefficient (Wildman–Crippen LogP) is 0.0971. The highest BCUT2D eigenvalue weighted by Crippen LogP contribution is 2.11. The molecule has 3 N–H and O–H groups in total. The number of amides is 1. The van der Waals surface area contributed by atoms with Gasteiger partial charge in [-0.05, 0) is 12.8 Å². The highest BCUT2D eigenvalue weighted by Gasteiger charge is 2.27. The number of carbonyl (C=O) groups is 1. The van der Waals surface area contributed by atoms with Gasteiger partial charge in [-0.2, -0.15) is 0 Å². The molecule has 4 heteroatoms. The molecule has 14 heavy (non-hydrogen) atoms. The quantitative estimate of drug-likeness (QED) is 0.676. The molecule has 4 nitrogen and oxygen atoms in total. The van der Waals surface area contributed by atoms with Crippen molar-refractivity contribution in [1.82, 2.24) is 4.90 Å². The van der Waals surface area contributed by atoms with Crippen molar-refractivity contribution >= 4 is 5.91 Å². The van der Waals surface area contributed by atoms with Gasteiger partial charge in [0, 0.05) is 13.1 Å². The van der Waals surface area contributed by atoms with Crippen LogP contribution in [-0.2, 0) is 4.79 Å². The molecule has 2 atom stereocenters. The van der Waals surface area contributed by atoms with Gasteiger partial charge in [0.2, 0.25) is 5.91 Å². The second-order valence-electron chi connectivity index (χ2n) is 3.98. The summed E-state index contributed by atoms with van der Waals surface area (Å²) in [7, 11) is 0. The number of unbranched alkanes of at least 4 members (excludes halogenated alkanes) is 1. The van der Waals surface area contributed by atoms with Gasteiger partial charge in [-0.1, -0.05) is 19.8 Å². The first-order chi connectivity index (χ1) is 6.65. The van der Waals surface area contributed by atoms with Gasteiger partial charge in [-0.25, -0.2) is 0 Å². The van der Waals surface area contributed by atoms with Crippen LogP contribution in [0.2, 0.25) is 0 Å². The maximum absolute atomic E-state index is 11.7. The second-order valence-corrected chi connectivity index (χ2v) is 3.98. The molecule has 1 heterocycles. The van der Waals surface area contributed by atoms with Crippen molar-refractivity contribution in [3.8, 4) is 0 Å². The van der Waals surface area contributed by atoms with Crippen molar-refractivity contribution in [2.75, 3.05) is 13.1 Å². The average molecular weight is 200 g/mol. The van der Waals surface area contributed by atoms with E-state index in [0.29, 0.717) is 19.5 Å². The molecule has 1 rings (SSSR count). The molecule has 0 aromatic rings. The van der Waals surface area contributed by atoms with E-state index in [1.165, 1.54) is 0 Å². The molecule has 1 aliphatic rings. The minimum atomic E-state index is -0.375. The Morgan fingerprint density at radius 1 is 1.71 bits per heavy atom. The third kappa shape index (κ3) is 2.96. The number of β-amino-alcohol motifs (C(OH)–C–C–N with tert-alkyl or cyclic N) is 1. The number of nitrogens with zero attached hydrogens (tertiary/aromatic N) is 1. The Labute approximate surface area is 85.1 Å². The number of nitrogens with two attached hydrogens (primary N) is 1. The fourth-order valence-corrected chi connectivity index (χ4v) is 1.72. The van der Waals surface area contributed by atoms with Crippen LogP contribution in [0.25, 0.3) is 0 Å². The lowest BCUT2D eigenvalue weighted by atomic mass is 10.1. The molecule has 0 saturated carbocycles. The first-order valence-corrected chi connectivity index (χ1v) is 5.37. The molecule has 82 valence electrons. The van der Waals surface area contributed by atoms with Crippen molar-refractivity contribution in [3.05, 3.63) is 0 Å². The van der Waals surface area contributed by atoms with Gasteiger partial charge in [-0.15, -0.1) is 0 Å². The number of aliphatic hydroxyl groups excluding tert-OH is 1. The molecule has 1 fully saturated rings. The summed E-state index contributed by atoms with van der Waals surface area (Å²) in [4.78, 5) is 13.4. The molecule has 1 saturated heterocycles. The summed E-state index contributed by atoms with van der Waals surface area (Å²) in [5, 5.41) is 9.27. The smallest absolute Gasteiger partial charge is 0.239 e. The van der Waals surface area contributed by atoms with E-state index < -0.39 is 0 Å². The molecule has 0 spiro atoms. The number of carbonyl (C=O) groups excluding carboxylic acids is 1. The molecule has 2 unspecified atom stereocenters. The van der Waals surface area contributed by atoms with E-state index in [1.807, 2.05) is 0 Å². The van der Waals surface area contributed by atoms with Crippen LogP contribution < -0.4 is 5.73 Å². The van der Waals surface area contributed by atoms with E-state index in [-0.39, 0.29) is 18.1 Å². The molecule has 1 amide bonds. The normalized spacial score (nSPS) is 23.9. The lowest BCUT2D eigenvalue weighted by Gasteiger charge is -2.20. The van der Waals surface area contributed by atoms with Gasteiger partial charge in [0.25, 0.3) is 0 Å². The highest BCUT2D eigenvalue weighted by molar-refractivity contribution is 5.81. The Kier molecular flexibility index (Phi) is 4.35. The zero-order valence-corrected chi connectivity index (χ0v) is 8.78. The Morgan fingerprint density at radius 2 is 2.43 bits per heavy atom. The highest BCUT2D eigenvalue weighted by atomic mass is 16.3. The van der Waals surface area contributed by atoms with E-state index >= 15 is 0 Å². The lowest BCUT2D eigenvalue weighted by Crippen LogP contribution is -2.42. The molecular formula is C10H20N2O2. The van der Waals surface area contributed by atoms with Crippen LogP contribution in [0.5, 0.6) is 0 Å². The summed E-state index contributed by atoms with van der Waals surface area (Å²) in [5.74, 6) is -0.00463. The largest absolute Gasteiger partial charge is 0.391 e. The molecular weight excluding hydrogens is 180 g/mol. The van der Waals surface area contributed by atoms with E-state index in [9.17, 15) is 9.90 Å². The lowest BCUT2D eigenvalue weighted by molar-refractivity contribution is -0.132. The third-order valence-electron chi connectivity index (χ3n) is 2.66. The number of hydrogen-bond donors (Lipinski definition) is 2. The van der Waals surface area contributed by atoms with Gasteiger partial charge < -0.3 is 15.7 Å². The second kappa shape index (κ2) is 5.32. The summed E-state index contributed by atoms with van der Waals surface area (Å²) in [6.07, 6.45) is 3.14. The van der Waals surface area contributed by atoms with E-state index in [0.717, 1.165) is 19.3 Å². The maximum atomic E-state index is 11.7. The minimum absolute atomic E-state index is 0.00463. The molecule has 1 aliphatic heterocycles. The van der Waals surface area contributed by atoms with E-state index in [4.69, 9.17) is 5.73 Å². The Hall–Kier alpha value is -0.610. The van der Waals surface area contributed by atoms with Crippen LogP contribution in [0.1, 0.15) is 32.6 Å². The van der Waals surface area contributed by atoms with Crippen molar-refractivity contribution in [2.24, 2.45) is 5.73 Å². The van der Waals surface area contributed by atoms with Crippen molar-refractivity contribution in [3.63, 3.8) is 0 Å². The van der Waals surface area contributed by atoms with Crippen LogP contribution in [-0.4, -0.2) is 41.1 Å². The van der Waals surface area contributed by atoms with Crippen LogP contribution in [0, 0.1) is 0 Å². The molecule has 0 radical (unpaired) electrons. The van der Waals surface area contributed by atoms with Gasteiger partial charge >= 0.3 is 0 Å². The zero-order chi connectivity index (χ0) is 10.6. The monoisotopic (exact) mass is 200 g/mol. The van der Waals surface area contributed by atoms with Gasteiger partial charge in [0.05, 0.1) is 12.1 Å². The Morgan fingerprint density at radius 3 is 2.93 bits per heavy atom. The first-order valence-electron chi connectivity index (χ1n) is 5.37. The minimum Gasteiger partial charge on any atom is -0.391 e. The Balaban J connectivity index is 2.32. The zero-order valence-electron chi connectivity index (χ0n) is 8.78.